The molecule has 0 unspecified atom stereocenters. The molecular weight excluding hydrogens is 310 g/mol. The second-order valence-corrected chi connectivity index (χ2v) is 9.16. The van der Waals surface area contributed by atoms with Gasteiger partial charge in [-0.25, -0.2) is 4.98 Å². The minimum Gasteiger partial charge on any atom is -0.350 e. The molecule has 0 atom stereocenters. The van der Waals surface area contributed by atoms with Crippen molar-refractivity contribution >= 4 is 28.3 Å². The van der Waals surface area contributed by atoms with Crippen molar-refractivity contribution in [3.05, 3.63) is 11.1 Å². The second-order valence-electron chi connectivity index (χ2n) is 8.33. The van der Waals surface area contributed by atoms with Crippen LogP contribution in [0.25, 0.3) is 0 Å². The van der Waals surface area contributed by atoms with E-state index in [0.717, 1.165) is 5.69 Å². The van der Waals surface area contributed by atoms with Crippen molar-refractivity contribution in [2.75, 3.05) is 11.9 Å². The fourth-order valence-corrected chi connectivity index (χ4v) is 2.75. The molecule has 1 N–H and O–H groups in total. The first kappa shape index (κ1) is 19.6. The topological polar surface area (TPSA) is 62.3 Å². The van der Waals surface area contributed by atoms with Crippen molar-refractivity contribution < 1.29 is 9.59 Å². The zero-order valence-corrected chi connectivity index (χ0v) is 16.1. The Morgan fingerprint density at radius 3 is 2.22 bits per heavy atom. The highest BCUT2D eigenvalue weighted by atomic mass is 32.1. The van der Waals surface area contributed by atoms with Crippen LogP contribution < -0.4 is 10.2 Å². The number of aromatic nitrogens is 1. The van der Waals surface area contributed by atoms with Gasteiger partial charge in [-0.2, -0.15) is 0 Å². The second kappa shape index (κ2) is 7.43. The SMILES string of the molecule is CN(C(=O)CC(C)(C)C)c1nc(CNC(=O)CC(C)(C)C)cs1. The number of thiazole rings is 1. The van der Waals surface area contributed by atoms with Crippen molar-refractivity contribution in [3.63, 3.8) is 0 Å². The van der Waals surface area contributed by atoms with Gasteiger partial charge < -0.3 is 5.32 Å². The van der Waals surface area contributed by atoms with Crippen molar-refractivity contribution in [2.24, 2.45) is 10.8 Å². The van der Waals surface area contributed by atoms with Gasteiger partial charge in [0.15, 0.2) is 5.13 Å². The summed E-state index contributed by atoms with van der Waals surface area (Å²) >= 11 is 1.42. The summed E-state index contributed by atoms with van der Waals surface area (Å²) in [5.74, 6) is 0.0689. The average Bonchev–Trinajstić information content (AvgIpc) is 2.79. The van der Waals surface area contributed by atoms with Crippen LogP contribution in [0.1, 0.15) is 60.1 Å². The first-order valence-corrected chi connectivity index (χ1v) is 8.73. The van der Waals surface area contributed by atoms with Gasteiger partial charge in [0.1, 0.15) is 0 Å². The van der Waals surface area contributed by atoms with Gasteiger partial charge >= 0.3 is 0 Å². The summed E-state index contributed by atoms with van der Waals surface area (Å²) in [7, 11) is 1.74. The molecule has 1 aromatic heterocycles. The highest BCUT2D eigenvalue weighted by Gasteiger charge is 2.21. The van der Waals surface area contributed by atoms with E-state index in [4.69, 9.17) is 0 Å². The van der Waals surface area contributed by atoms with Gasteiger partial charge in [-0.1, -0.05) is 41.5 Å². The fourth-order valence-electron chi connectivity index (χ4n) is 1.94. The van der Waals surface area contributed by atoms with E-state index in [0.29, 0.717) is 24.5 Å². The predicted molar refractivity (Wildman–Crippen MR) is 95.5 cm³/mol. The molecule has 2 amide bonds. The summed E-state index contributed by atoms with van der Waals surface area (Å²) in [5.41, 5.74) is 0.700. The lowest BCUT2D eigenvalue weighted by molar-refractivity contribution is -0.123. The third kappa shape index (κ3) is 7.59. The normalized spacial score (nSPS) is 12.1. The summed E-state index contributed by atoms with van der Waals surface area (Å²) in [6.45, 7) is 12.6. The van der Waals surface area contributed by atoms with E-state index in [1.165, 1.54) is 11.3 Å². The van der Waals surface area contributed by atoms with Crippen molar-refractivity contribution in [2.45, 2.75) is 60.9 Å². The van der Waals surface area contributed by atoms with Crippen LogP contribution in [0.4, 0.5) is 5.13 Å². The minimum atomic E-state index is -0.0492. The average molecular weight is 340 g/mol. The summed E-state index contributed by atoms with van der Waals surface area (Å²) in [4.78, 5) is 30.1. The van der Waals surface area contributed by atoms with Gasteiger partial charge in [-0.05, 0) is 10.8 Å². The molecule has 6 heteroatoms. The Morgan fingerprint density at radius 1 is 1.13 bits per heavy atom. The lowest BCUT2D eigenvalue weighted by Crippen LogP contribution is -2.30. The maximum Gasteiger partial charge on any atom is 0.229 e. The molecular formula is C17H29N3O2S. The van der Waals surface area contributed by atoms with Crippen LogP contribution >= 0.6 is 11.3 Å². The van der Waals surface area contributed by atoms with E-state index < -0.39 is 0 Å². The molecule has 0 radical (unpaired) electrons. The summed E-state index contributed by atoms with van der Waals surface area (Å²) in [6, 6.07) is 0. The van der Waals surface area contributed by atoms with Gasteiger partial charge in [0.2, 0.25) is 11.8 Å². The molecule has 130 valence electrons. The third-order valence-electron chi connectivity index (χ3n) is 3.04. The monoisotopic (exact) mass is 339 g/mol. The molecule has 1 rings (SSSR count). The van der Waals surface area contributed by atoms with E-state index in [-0.39, 0.29) is 22.6 Å². The summed E-state index contributed by atoms with van der Waals surface area (Å²) in [6.07, 6.45) is 0.953. The maximum atomic E-state index is 12.2. The summed E-state index contributed by atoms with van der Waals surface area (Å²) < 4.78 is 0. The highest BCUT2D eigenvalue weighted by molar-refractivity contribution is 7.14. The quantitative estimate of drug-likeness (QED) is 0.891. The van der Waals surface area contributed by atoms with Crippen LogP contribution in [0.2, 0.25) is 0 Å². The molecule has 0 spiro atoms. The van der Waals surface area contributed by atoms with Crippen molar-refractivity contribution in [3.8, 4) is 0 Å². The highest BCUT2D eigenvalue weighted by Crippen LogP contribution is 2.24. The van der Waals surface area contributed by atoms with E-state index in [9.17, 15) is 9.59 Å². The van der Waals surface area contributed by atoms with Gasteiger partial charge in [0, 0.05) is 25.3 Å². The molecule has 0 bridgehead atoms. The Balaban J connectivity index is 2.57. The van der Waals surface area contributed by atoms with Gasteiger partial charge in [-0.15, -0.1) is 11.3 Å². The number of hydrogen-bond acceptors (Lipinski definition) is 4. The van der Waals surface area contributed by atoms with Crippen molar-refractivity contribution in [1.29, 1.82) is 0 Å². The molecule has 0 aromatic carbocycles. The zero-order valence-electron chi connectivity index (χ0n) is 15.3. The number of rotatable bonds is 5. The lowest BCUT2D eigenvalue weighted by Gasteiger charge is -2.21. The van der Waals surface area contributed by atoms with Crippen LogP contribution in [0, 0.1) is 10.8 Å². The number of nitrogens with one attached hydrogen (secondary N) is 1. The smallest absolute Gasteiger partial charge is 0.229 e. The molecule has 1 aromatic rings. The standard InChI is InChI=1S/C17H29N3O2S/c1-16(2,3)8-13(21)18-10-12-11-23-15(19-12)20(7)14(22)9-17(4,5)6/h11H,8-10H2,1-7H3,(H,18,21). The molecule has 5 nitrogen and oxygen atoms in total. The number of anilines is 1. The molecule has 0 saturated carbocycles. The number of carbonyl (C=O) groups is 2. The molecule has 0 fully saturated rings. The number of carbonyl (C=O) groups excluding carboxylic acids is 2. The molecule has 23 heavy (non-hydrogen) atoms. The molecule has 0 aliphatic carbocycles. The number of nitrogens with zero attached hydrogens (tertiary/aromatic N) is 2. The Labute approximate surface area is 143 Å². The number of hydrogen-bond donors (Lipinski definition) is 1. The minimum absolute atomic E-state index is 0.0178. The Hall–Kier alpha value is -1.43. The van der Waals surface area contributed by atoms with E-state index >= 15 is 0 Å². The largest absolute Gasteiger partial charge is 0.350 e. The van der Waals surface area contributed by atoms with E-state index in [1.807, 2.05) is 46.9 Å². The van der Waals surface area contributed by atoms with Crippen LogP contribution in [-0.4, -0.2) is 23.8 Å². The number of amides is 2. The van der Waals surface area contributed by atoms with Gasteiger partial charge in [0.05, 0.1) is 12.2 Å². The van der Waals surface area contributed by atoms with Crippen LogP contribution in [0.5, 0.6) is 0 Å². The maximum absolute atomic E-state index is 12.2. The molecule has 0 aliphatic heterocycles. The Kier molecular flexibility index (Phi) is 6.33. The van der Waals surface area contributed by atoms with Crippen LogP contribution in [0.3, 0.4) is 0 Å². The Morgan fingerprint density at radius 2 is 1.70 bits per heavy atom. The molecule has 0 saturated heterocycles. The lowest BCUT2D eigenvalue weighted by atomic mass is 9.92. The van der Waals surface area contributed by atoms with E-state index in [1.54, 1.807) is 11.9 Å². The van der Waals surface area contributed by atoms with Crippen molar-refractivity contribution in [1.82, 2.24) is 10.3 Å². The van der Waals surface area contributed by atoms with Gasteiger partial charge in [0.25, 0.3) is 0 Å². The van der Waals surface area contributed by atoms with E-state index in [2.05, 4.69) is 10.3 Å². The predicted octanol–water partition coefficient (Wildman–Crippen LogP) is 3.59. The molecule has 1 heterocycles. The zero-order chi connectivity index (χ0) is 17.8. The molecule has 0 aliphatic rings. The summed E-state index contributed by atoms with van der Waals surface area (Å²) in [5, 5.41) is 5.43. The first-order valence-electron chi connectivity index (χ1n) is 7.85. The third-order valence-corrected chi connectivity index (χ3v) is 4.01. The first-order chi connectivity index (χ1) is 10.4. The van der Waals surface area contributed by atoms with Crippen LogP contribution in [-0.2, 0) is 16.1 Å². The van der Waals surface area contributed by atoms with Crippen LogP contribution in [0.15, 0.2) is 5.38 Å². The van der Waals surface area contributed by atoms with Gasteiger partial charge in [-0.3, -0.25) is 14.5 Å². The fraction of sp³-hybridized carbons (Fsp3) is 0.706. The Bertz CT molecular complexity index is 553.